The number of aryl methyl sites for hydroxylation is 2. The number of hydrazine groups is 1. The fraction of sp³-hybridized carbons (Fsp3) is 0.323. The van der Waals surface area contributed by atoms with Crippen molar-refractivity contribution in [1.29, 1.82) is 0 Å². The van der Waals surface area contributed by atoms with Crippen molar-refractivity contribution in [2.45, 2.75) is 38.8 Å². The minimum absolute atomic E-state index is 0.0255. The van der Waals surface area contributed by atoms with Gasteiger partial charge in [-0.15, -0.1) is 0 Å². The Kier molecular flexibility index (Phi) is 11.2. The van der Waals surface area contributed by atoms with Crippen LogP contribution in [0.15, 0.2) is 84.9 Å². The van der Waals surface area contributed by atoms with Crippen molar-refractivity contribution in [1.82, 2.24) is 15.3 Å². The van der Waals surface area contributed by atoms with E-state index in [1.54, 1.807) is 19.0 Å². The van der Waals surface area contributed by atoms with Crippen molar-refractivity contribution in [2.75, 3.05) is 27.2 Å². The zero-order chi connectivity index (χ0) is 27.3. The van der Waals surface area contributed by atoms with E-state index in [2.05, 4.69) is 5.43 Å². The van der Waals surface area contributed by atoms with Crippen LogP contribution in [0.1, 0.15) is 28.7 Å². The van der Waals surface area contributed by atoms with Gasteiger partial charge >= 0.3 is 5.97 Å². The van der Waals surface area contributed by atoms with Crippen LogP contribution in [-0.4, -0.2) is 60.8 Å². The molecule has 0 aromatic heterocycles. The number of benzene rings is 3. The number of ether oxygens (including phenoxy) is 1. The molecule has 0 spiro atoms. The molecule has 7 heteroatoms. The van der Waals surface area contributed by atoms with Crippen LogP contribution in [0.25, 0.3) is 0 Å². The molecule has 0 heterocycles. The topological polar surface area (TPSA) is 79.0 Å². The first-order valence-corrected chi connectivity index (χ1v) is 12.8. The minimum Gasteiger partial charge on any atom is -0.460 e. The van der Waals surface area contributed by atoms with Crippen molar-refractivity contribution in [2.24, 2.45) is 0 Å². The summed E-state index contributed by atoms with van der Waals surface area (Å²) in [6.07, 6.45) is 1.47. The number of Topliss-reactive ketones (excluding diaryl/α,β-unsaturated/α-hetero) is 1. The molecule has 38 heavy (non-hydrogen) atoms. The molecular formula is C31H37N3O4. The molecule has 0 aliphatic rings. The van der Waals surface area contributed by atoms with Crippen LogP contribution in [0, 0.1) is 6.92 Å². The maximum atomic E-state index is 13.1. The number of amides is 1. The number of esters is 1. The molecule has 0 aliphatic carbocycles. The molecule has 200 valence electrons. The Labute approximate surface area is 225 Å². The van der Waals surface area contributed by atoms with E-state index >= 15 is 0 Å². The number of rotatable bonds is 14. The predicted molar refractivity (Wildman–Crippen MR) is 148 cm³/mol. The van der Waals surface area contributed by atoms with Crippen LogP contribution in [-0.2, 0) is 38.6 Å². The van der Waals surface area contributed by atoms with Crippen LogP contribution >= 0.6 is 0 Å². The molecule has 3 aromatic rings. The van der Waals surface area contributed by atoms with Gasteiger partial charge in [-0.1, -0.05) is 90.5 Å². The summed E-state index contributed by atoms with van der Waals surface area (Å²) in [5, 5.41) is 1.50. The molecule has 1 atom stereocenters. The molecule has 1 N–H and O–H groups in total. The average molecular weight is 516 g/mol. The second-order valence-corrected chi connectivity index (χ2v) is 9.64. The van der Waals surface area contributed by atoms with Crippen molar-refractivity contribution >= 4 is 17.7 Å². The van der Waals surface area contributed by atoms with E-state index in [0.717, 1.165) is 22.3 Å². The van der Waals surface area contributed by atoms with Gasteiger partial charge < -0.3 is 4.74 Å². The van der Waals surface area contributed by atoms with Gasteiger partial charge in [0.1, 0.15) is 18.4 Å². The lowest BCUT2D eigenvalue weighted by Crippen LogP contribution is -2.53. The Morgan fingerprint density at radius 3 is 2.03 bits per heavy atom. The standard InChI is InChI=1S/C31H37N3O4/c1-24-14-16-26(17-15-24)20-29(31(37)38-23-27-12-8-5-9-13-27)34(3)32-30(36)22-33(2)21-28(35)19-18-25-10-6-4-7-11-25/h4-17,29H,18-23H2,1-3H3,(H,32,36)/t29-/m0/s1. The van der Waals surface area contributed by atoms with Gasteiger partial charge in [-0.05, 0) is 37.1 Å². The van der Waals surface area contributed by atoms with Gasteiger partial charge in [0.05, 0.1) is 13.1 Å². The second-order valence-electron chi connectivity index (χ2n) is 9.64. The highest BCUT2D eigenvalue weighted by molar-refractivity contribution is 5.83. The summed E-state index contributed by atoms with van der Waals surface area (Å²) in [6, 6.07) is 26.5. The normalized spacial score (nSPS) is 11.8. The largest absolute Gasteiger partial charge is 0.460 e. The van der Waals surface area contributed by atoms with Crippen molar-refractivity contribution in [3.05, 3.63) is 107 Å². The molecule has 0 saturated heterocycles. The van der Waals surface area contributed by atoms with E-state index in [9.17, 15) is 14.4 Å². The number of nitrogens with one attached hydrogen (secondary N) is 1. The van der Waals surface area contributed by atoms with Gasteiger partial charge in [0.2, 0.25) is 5.91 Å². The minimum atomic E-state index is -0.719. The number of nitrogens with zero attached hydrogens (tertiary/aromatic N) is 2. The Bertz CT molecular complexity index is 1170. The molecule has 0 radical (unpaired) electrons. The summed E-state index contributed by atoms with van der Waals surface area (Å²) < 4.78 is 5.60. The number of carbonyl (C=O) groups excluding carboxylic acids is 3. The van der Waals surface area contributed by atoms with Crippen molar-refractivity contribution in [3.8, 4) is 0 Å². The summed E-state index contributed by atoms with van der Waals surface area (Å²) in [7, 11) is 3.39. The summed E-state index contributed by atoms with van der Waals surface area (Å²) >= 11 is 0. The first-order valence-electron chi connectivity index (χ1n) is 12.8. The molecule has 0 unspecified atom stereocenters. The molecule has 0 aliphatic heterocycles. The molecule has 0 fully saturated rings. The summed E-state index contributed by atoms with van der Waals surface area (Å²) in [4.78, 5) is 39.9. The van der Waals surface area contributed by atoms with E-state index in [-0.39, 0.29) is 31.4 Å². The molecule has 0 saturated carbocycles. The van der Waals surface area contributed by atoms with Gasteiger partial charge in [0, 0.05) is 19.9 Å². The van der Waals surface area contributed by atoms with Crippen LogP contribution in [0.2, 0.25) is 0 Å². The number of carbonyl (C=O) groups is 3. The number of ketones is 1. The zero-order valence-electron chi connectivity index (χ0n) is 22.4. The first-order chi connectivity index (χ1) is 18.3. The highest BCUT2D eigenvalue weighted by Crippen LogP contribution is 2.12. The number of hydrogen-bond acceptors (Lipinski definition) is 6. The molecular weight excluding hydrogens is 478 g/mol. The highest BCUT2D eigenvalue weighted by Gasteiger charge is 2.27. The summed E-state index contributed by atoms with van der Waals surface area (Å²) in [6.45, 7) is 2.36. The van der Waals surface area contributed by atoms with Gasteiger partial charge in [0.15, 0.2) is 0 Å². The molecule has 7 nitrogen and oxygen atoms in total. The Balaban J connectivity index is 1.54. The fourth-order valence-electron chi connectivity index (χ4n) is 4.07. The Morgan fingerprint density at radius 1 is 0.789 bits per heavy atom. The van der Waals surface area contributed by atoms with E-state index in [0.29, 0.717) is 19.3 Å². The van der Waals surface area contributed by atoms with Crippen LogP contribution in [0.3, 0.4) is 0 Å². The maximum absolute atomic E-state index is 13.1. The predicted octanol–water partition coefficient (Wildman–Crippen LogP) is 3.75. The first kappa shape index (κ1) is 28.8. The van der Waals surface area contributed by atoms with E-state index < -0.39 is 12.0 Å². The number of hydrogen-bond donors (Lipinski definition) is 1. The smallest absolute Gasteiger partial charge is 0.325 e. The highest BCUT2D eigenvalue weighted by atomic mass is 16.5. The zero-order valence-corrected chi connectivity index (χ0v) is 22.4. The monoisotopic (exact) mass is 515 g/mol. The molecule has 0 bridgehead atoms. The second kappa shape index (κ2) is 14.8. The van der Waals surface area contributed by atoms with Crippen molar-refractivity contribution < 1.29 is 19.1 Å². The van der Waals surface area contributed by atoms with Gasteiger partial charge in [0.25, 0.3) is 0 Å². The fourth-order valence-corrected chi connectivity index (χ4v) is 4.07. The third-order valence-electron chi connectivity index (χ3n) is 6.21. The third kappa shape index (κ3) is 9.92. The van der Waals surface area contributed by atoms with Crippen molar-refractivity contribution in [3.63, 3.8) is 0 Å². The lowest BCUT2D eigenvalue weighted by molar-refractivity contribution is -0.153. The maximum Gasteiger partial charge on any atom is 0.325 e. The lowest BCUT2D eigenvalue weighted by Gasteiger charge is -2.28. The third-order valence-corrected chi connectivity index (χ3v) is 6.21. The number of likely N-dealkylation sites (N-methyl/N-ethyl adjacent to an activating group) is 2. The molecule has 3 rings (SSSR count). The van der Waals surface area contributed by atoms with E-state index in [1.807, 2.05) is 91.9 Å². The lowest BCUT2D eigenvalue weighted by atomic mass is 10.0. The molecule has 1 amide bonds. The van der Waals surface area contributed by atoms with Gasteiger partial charge in [-0.3, -0.25) is 24.7 Å². The van der Waals surface area contributed by atoms with Gasteiger partial charge in [-0.2, -0.15) is 0 Å². The van der Waals surface area contributed by atoms with Crippen LogP contribution in [0.4, 0.5) is 0 Å². The van der Waals surface area contributed by atoms with E-state index in [1.165, 1.54) is 5.01 Å². The van der Waals surface area contributed by atoms with Gasteiger partial charge in [-0.25, -0.2) is 5.01 Å². The van der Waals surface area contributed by atoms with Crippen LogP contribution in [0.5, 0.6) is 0 Å². The Morgan fingerprint density at radius 2 is 1.39 bits per heavy atom. The summed E-state index contributed by atoms with van der Waals surface area (Å²) in [5.74, 6) is -0.670. The SMILES string of the molecule is Cc1ccc(C[C@@H](C(=O)OCc2ccccc2)N(C)NC(=O)CN(C)CC(=O)CCc2ccccc2)cc1. The van der Waals surface area contributed by atoms with Crippen LogP contribution < -0.4 is 5.43 Å². The Hall–Kier alpha value is -3.81. The average Bonchev–Trinajstić information content (AvgIpc) is 2.91. The van der Waals surface area contributed by atoms with E-state index in [4.69, 9.17) is 4.74 Å². The molecule has 3 aromatic carbocycles. The quantitative estimate of drug-likeness (QED) is 0.260. The summed E-state index contributed by atoms with van der Waals surface area (Å²) in [5.41, 5.74) is 6.88.